The van der Waals surface area contributed by atoms with E-state index in [0.717, 1.165) is 0 Å². The van der Waals surface area contributed by atoms with Crippen LogP contribution >= 0.6 is 0 Å². The second kappa shape index (κ2) is 5.14. The van der Waals surface area contributed by atoms with Crippen LogP contribution in [0, 0.1) is 10.1 Å². The van der Waals surface area contributed by atoms with E-state index in [1.807, 2.05) is 0 Å². The van der Waals surface area contributed by atoms with E-state index in [1.54, 1.807) is 30.4 Å². The minimum atomic E-state index is -0.401. The van der Waals surface area contributed by atoms with Crippen molar-refractivity contribution in [3.05, 3.63) is 52.1 Å². The van der Waals surface area contributed by atoms with Crippen molar-refractivity contribution in [2.24, 2.45) is 0 Å². The highest BCUT2D eigenvalue weighted by molar-refractivity contribution is 5.40. The van der Waals surface area contributed by atoms with Crippen LogP contribution in [0.4, 0.5) is 5.69 Å². The molecular formula is C10H11NO3. The van der Waals surface area contributed by atoms with E-state index >= 15 is 0 Å². The molecule has 0 radical (unpaired) electrons. The number of hydrogen-bond acceptors (Lipinski definition) is 3. The summed E-state index contributed by atoms with van der Waals surface area (Å²) in [7, 11) is 0. The third-order valence-electron chi connectivity index (χ3n) is 1.80. The summed E-state index contributed by atoms with van der Waals surface area (Å²) < 4.78 is 0. The van der Waals surface area contributed by atoms with Crippen molar-refractivity contribution in [3.63, 3.8) is 0 Å². The van der Waals surface area contributed by atoms with Gasteiger partial charge in [0.05, 0.1) is 11.5 Å². The Kier molecular flexibility index (Phi) is 3.82. The summed E-state index contributed by atoms with van der Waals surface area (Å²) in [5.41, 5.74) is 0.775. The molecule has 14 heavy (non-hydrogen) atoms. The van der Waals surface area contributed by atoms with E-state index in [4.69, 9.17) is 5.11 Å². The Morgan fingerprint density at radius 2 is 2.07 bits per heavy atom. The molecule has 0 heterocycles. The number of benzene rings is 1. The second-order valence-electron chi connectivity index (χ2n) is 2.74. The number of rotatable bonds is 4. The summed E-state index contributed by atoms with van der Waals surface area (Å²) >= 11 is 0. The third-order valence-corrected chi connectivity index (χ3v) is 1.80. The topological polar surface area (TPSA) is 63.4 Å². The van der Waals surface area contributed by atoms with Crippen LogP contribution in [-0.4, -0.2) is 16.6 Å². The summed E-state index contributed by atoms with van der Waals surface area (Å²) in [4.78, 5) is 10.2. The van der Waals surface area contributed by atoms with Crippen LogP contribution in [0.5, 0.6) is 0 Å². The maximum Gasteiger partial charge on any atom is 0.272 e. The predicted molar refractivity (Wildman–Crippen MR) is 53.0 cm³/mol. The lowest BCUT2D eigenvalue weighted by atomic mass is 10.1. The molecule has 0 unspecified atom stereocenters. The van der Waals surface area contributed by atoms with Crippen molar-refractivity contribution in [1.82, 2.24) is 0 Å². The Morgan fingerprint density at radius 3 is 2.71 bits per heavy atom. The van der Waals surface area contributed by atoms with Crippen LogP contribution in [-0.2, 0) is 6.42 Å². The van der Waals surface area contributed by atoms with Crippen LogP contribution in [0.15, 0.2) is 36.4 Å². The molecular weight excluding hydrogens is 182 g/mol. The van der Waals surface area contributed by atoms with Crippen LogP contribution in [0.2, 0.25) is 0 Å². The minimum Gasteiger partial charge on any atom is -0.392 e. The summed E-state index contributed by atoms with van der Waals surface area (Å²) in [6.07, 6.45) is 3.75. The molecule has 1 N–H and O–H groups in total. The van der Waals surface area contributed by atoms with Gasteiger partial charge in [-0.3, -0.25) is 10.1 Å². The average molecular weight is 193 g/mol. The monoisotopic (exact) mass is 193 g/mol. The molecule has 0 aliphatic heterocycles. The lowest BCUT2D eigenvalue weighted by Crippen LogP contribution is -1.93. The van der Waals surface area contributed by atoms with Gasteiger partial charge < -0.3 is 5.11 Å². The van der Waals surface area contributed by atoms with Gasteiger partial charge in [-0.05, 0) is 6.42 Å². The average Bonchev–Trinajstić information content (AvgIpc) is 2.19. The summed E-state index contributed by atoms with van der Waals surface area (Å²) in [5.74, 6) is 0. The summed E-state index contributed by atoms with van der Waals surface area (Å²) in [5, 5.41) is 19.1. The van der Waals surface area contributed by atoms with E-state index in [-0.39, 0.29) is 12.3 Å². The highest BCUT2D eigenvalue weighted by Gasteiger charge is 2.09. The summed E-state index contributed by atoms with van der Waals surface area (Å²) in [6, 6.07) is 6.58. The SMILES string of the molecule is O=[N+]([O-])c1ccccc1CC=CCO. The Morgan fingerprint density at radius 1 is 1.36 bits per heavy atom. The molecule has 0 aliphatic rings. The number of allylic oxidation sites excluding steroid dienone is 1. The molecule has 0 atom stereocenters. The number of aliphatic hydroxyl groups excluding tert-OH is 1. The fourth-order valence-electron chi connectivity index (χ4n) is 1.15. The number of hydrogen-bond donors (Lipinski definition) is 1. The molecule has 0 fully saturated rings. The maximum atomic E-state index is 10.6. The van der Waals surface area contributed by atoms with Gasteiger partial charge >= 0.3 is 0 Å². The van der Waals surface area contributed by atoms with Gasteiger partial charge in [0.15, 0.2) is 0 Å². The Bertz CT molecular complexity index is 347. The number of nitro groups is 1. The van der Waals surface area contributed by atoms with Crippen molar-refractivity contribution in [3.8, 4) is 0 Å². The van der Waals surface area contributed by atoms with E-state index in [1.165, 1.54) is 6.07 Å². The minimum absolute atomic E-state index is 0.0410. The molecule has 0 amide bonds. The molecule has 4 heteroatoms. The molecule has 0 aliphatic carbocycles. The highest BCUT2D eigenvalue weighted by atomic mass is 16.6. The molecule has 0 saturated heterocycles. The zero-order chi connectivity index (χ0) is 10.4. The predicted octanol–water partition coefficient (Wildman–Crippen LogP) is 1.69. The first-order valence-electron chi connectivity index (χ1n) is 4.24. The first-order valence-corrected chi connectivity index (χ1v) is 4.24. The van der Waals surface area contributed by atoms with Gasteiger partial charge in [0, 0.05) is 11.6 Å². The molecule has 4 nitrogen and oxygen atoms in total. The smallest absolute Gasteiger partial charge is 0.272 e. The molecule has 1 aromatic rings. The van der Waals surface area contributed by atoms with Crippen LogP contribution < -0.4 is 0 Å². The zero-order valence-electron chi connectivity index (χ0n) is 7.59. The van der Waals surface area contributed by atoms with Crippen molar-refractivity contribution in [1.29, 1.82) is 0 Å². The lowest BCUT2D eigenvalue weighted by molar-refractivity contribution is -0.385. The lowest BCUT2D eigenvalue weighted by Gasteiger charge is -1.97. The van der Waals surface area contributed by atoms with E-state index in [2.05, 4.69) is 0 Å². The fraction of sp³-hybridized carbons (Fsp3) is 0.200. The molecule has 0 spiro atoms. The van der Waals surface area contributed by atoms with Gasteiger partial charge in [-0.15, -0.1) is 0 Å². The van der Waals surface area contributed by atoms with Gasteiger partial charge in [-0.2, -0.15) is 0 Å². The first kappa shape index (κ1) is 10.4. The number of para-hydroxylation sites is 1. The maximum absolute atomic E-state index is 10.6. The molecule has 1 rings (SSSR count). The Balaban J connectivity index is 2.84. The van der Waals surface area contributed by atoms with E-state index < -0.39 is 4.92 Å². The van der Waals surface area contributed by atoms with Gasteiger partial charge in [-0.1, -0.05) is 30.4 Å². The quantitative estimate of drug-likeness (QED) is 0.449. The van der Waals surface area contributed by atoms with Crippen LogP contribution in [0.3, 0.4) is 0 Å². The highest BCUT2D eigenvalue weighted by Crippen LogP contribution is 2.18. The first-order chi connectivity index (χ1) is 6.75. The number of nitro benzene ring substituents is 1. The van der Waals surface area contributed by atoms with Crippen molar-refractivity contribution >= 4 is 5.69 Å². The largest absolute Gasteiger partial charge is 0.392 e. The molecule has 74 valence electrons. The van der Waals surface area contributed by atoms with Crippen molar-refractivity contribution < 1.29 is 10.0 Å². The number of aliphatic hydroxyl groups is 1. The van der Waals surface area contributed by atoms with Crippen molar-refractivity contribution in [2.45, 2.75) is 6.42 Å². The third kappa shape index (κ3) is 2.67. The van der Waals surface area contributed by atoms with Crippen LogP contribution in [0.1, 0.15) is 5.56 Å². The van der Waals surface area contributed by atoms with E-state index in [9.17, 15) is 10.1 Å². The van der Waals surface area contributed by atoms with Gasteiger partial charge in [0.2, 0.25) is 0 Å². The molecule has 0 aromatic heterocycles. The molecule has 0 saturated carbocycles. The number of nitrogens with zero attached hydrogens (tertiary/aromatic N) is 1. The second-order valence-corrected chi connectivity index (χ2v) is 2.74. The molecule has 1 aromatic carbocycles. The normalized spacial score (nSPS) is 10.6. The Hall–Kier alpha value is -1.68. The van der Waals surface area contributed by atoms with Gasteiger partial charge in [0.1, 0.15) is 0 Å². The van der Waals surface area contributed by atoms with Gasteiger partial charge in [0.25, 0.3) is 5.69 Å². The van der Waals surface area contributed by atoms with Crippen molar-refractivity contribution in [2.75, 3.05) is 6.61 Å². The van der Waals surface area contributed by atoms with Gasteiger partial charge in [-0.25, -0.2) is 0 Å². The standard InChI is InChI=1S/C10H11NO3/c12-8-4-3-6-9-5-1-2-7-10(9)11(13)14/h1-5,7,12H,6,8H2. The fourth-order valence-corrected chi connectivity index (χ4v) is 1.15. The van der Waals surface area contributed by atoms with Crippen LogP contribution in [0.25, 0.3) is 0 Å². The zero-order valence-corrected chi connectivity index (χ0v) is 7.59. The van der Waals surface area contributed by atoms with E-state index in [0.29, 0.717) is 12.0 Å². The summed E-state index contributed by atoms with van der Waals surface area (Å²) in [6.45, 7) is -0.0410. The molecule has 0 bridgehead atoms. The Labute approximate surface area is 81.6 Å².